The molecule has 0 bridgehead atoms. The van der Waals surface area contributed by atoms with Crippen molar-refractivity contribution < 1.29 is 32.1 Å². The first-order chi connectivity index (χ1) is 23.3. The van der Waals surface area contributed by atoms with E-state index in [0.717, 1.165) is 33.8 Å². The van der Waals surface area contributed by atoms with Gasteiger partial charge in [0.15, 0.2) is 0 Å². The van der Waals surface area contributed by atoms with Crippen LogP contribution >= 0.6 is 0 Å². The van der Waals surface area contributed by atoms with E-state index < -0.39 is 0 Å². The maximum Gasteiger partial charge on any atom is 0.143 e. The second-order valence-corrected chi connectivity index (χ2v) is 10.6. The van der Waals surface area contributed by atoms with Crippen molar-refractivity contribution in [3.8, 4) is 17.2 Å². The van der Waals surface area contributed by atoms with Crippen molar-refractivity contribution in [2.45, 2.75) is 20.8 Å². The Labute approximate surface area is 296 Å². The number of aromatic hydroxyl groups is 3. The van der Waals surface area contributed by atoms with E-state index in [1.165, 1.54) is 0 Å². The molecule has 3 N–H and O–H groups in total. The molecule has 6 aromatic rings. The van der Waals surface area contributed by atoms with Gasteiger partial charge in [-0.25, -0.2) is 0 Å². The number of benzene rings is 6. The molecule has 49 heavy (non-hydrogen) atoms. The Hall–Kier alpha value is -5.97. The van der Waals surface area contributed by atoms with Gasteiger partial charge in [-0.2, -0.15) is 15.3 Å². The van der Waals surface area contributed by atoms with Crippen LogP contribution < -0.4 is 0 Å². The molecule has 0 heterocycles. The van der Waals surface area contributed by atoms with E-state index in [-0.39, 0.29) is 34.0 Å². The number of phenolic OH excluding ortho intramolecular Hbond substituents is 3. The summed E-state index contributed by atoms with van der Waals surface area (Å²) in [5.74, 6) is 0.431. The van der Waals surface area contributed by atoms with Crippen LogP contribution in [-0.4, -0.2) is 15.3 Å². The molecule has 0 aliphatic carbocycles. The van der Waals surface area contributed by atoms with Crippen LogP contribution in [0.3, 0.4) is 0 Å². The smallest absolute Gasteiger partial charge is 0.143 e. The number of hydrogen-bond acceptors (Lipinski definition) is 9. The first-order valence-corrected chi connectivity index (χ1v) is 15.1. The summed E-state index contributed by atoms with van der Waals surface area (Å²) in [6.45, 7) is 5.84. The van der Waals surface area contributed by atoms with Gasteiger partial charge in [-0.3, -0.25) is 0 Å². The summed E-state index contributed by atoms with van der Waals surface area (Å²) in [5, 5.41) is 52.8. The number of phenols is 3. The summed E-state index contributed by atoms with van der Waals surface area (Å²) in [5.41, 5.74) is 6.89. The molecule has 6 rings (SSSR count). The van der Waals surface area contributed by atoms with Gasteiger partial charge in [0.2, 0.25) is 0 Å². The predicted octanol–water partition coefficient (Wildman–Crippen LogP) is 12.3. The zero-order valence-corrected chi connectivity index (χ0v) is 28.3. The number of aryl methyl sites for hydroxylation is 3. The number of azo groups is 3. The van der Waals surface area contributed by atoms with Gasteiger partial charge in [0.05, 0.1) is 17.1 Å². The topological polar surface area (TPSA) is 135 Å². The molecule has 249 valence electrons. The summed E-state index contributed by atoms with van der Waals surface area (Å²) < 4.78 is 0. The van der Waals surface area contributed by atoms with Gasteiger partial charge in [-0.1, -0.05) is 72.8 Å². The van der Waals surface area contributed by atoms with Crippen molar-refractivity contribution in [1.82, 2.24) is 0 Å². The van der Waals surface area contributed by atoms with Gasteiger partial charge in [0.25, 0.3) is 0 Å². The molecule has 0 atom stereocenters. The summed E-state index contributed by atoms with van der Waals surface area (Å²) in [6.07, 6.45) is 0. The van der Waals surface area contributed by atoms with E-state index in [1.54, 1.807) is 36.4 Å². The number of hydrogen-bond donors (Lipinski definition) is 3. The van der Waals surface area contributed by atoms with Crippen LogP contribution in [0, 0.1) is 20.8 Å². The quantitative estimate of drug-likeness (QED) is 0.150. The fourth-order valence-electron chi connectivity index (χ4n) is 3.96. The molecular formula is C39H36CoN6O3. The molecule has 9 nitrogen and oxygen atoms in total. The van der Waals surface area contributed by atoms with Gasteiger partial charge in [-0.05, 0) is 110 Å². The molecule has 10 heteroatoms. The molecule has 0 fully saturated rings. The van der Waals surface area contributed by atoms with Crippen molar-refractivity contribution in [3.05, 3.63) is 162 Å². The zero-order chi connectivity index (χ0) is 34.1. The summed E-state index contributed by atoms with van der Waals surface area (Å²) in [7, 11) is 0. The van der Waals surface area contributed by atoms with Crippen LogP contribution in [0.2, 0.25) is 0 Å². The van der Waals surface area contributed by atoms with E-state index in [9.17, 15) is 15.3 Å². The normalized spacial score (nSPS) is 10.6. The molecule has 0 spiro atoms. The maximum absolute atomic E-state index is 9.56. The summed E-state index contributed by atoms with van der Waals surface area (Å²) in [6, 6.07) is 44.0. The van der Waals surface area contributed by atoms with Crippen molar-refractivity contribution in [2.75, 3.05) is 0 Å². The standard InChI is InChI=1S/3C13H12N2O.Co/c3*1-10-7-8-13(16)12(9-10)15-14-11-5-3-2-4-6-11;/h3*2-9,16H,1H3;. The minimum absolute atomic E-state index is 0. The molecule has 0 aliphatic heterocycles. The van der Waals surface area contributed by atoms with Gasteiger partial charge in [0, 0.05) is 16.8 Å². The Morgan fingerprint density at radius 1 is 0.327 bits per heavy atom. The second-order valence-electron chi connectivity index (χ2n) is 10.6. The third-order valence-corrected chi connectivity index (χ3v) is 6.48. The van der Waals surface area contributed by atoms with Crippen LogP contribution in [0.4, 0.5) is 34.1 Å². The Bertz CT molecular complexity index is 1760. The molecule has 0 saturated carbocycles. The molecule has 0 saturated heterocycles. The van der Waals surface area contributed by atoms with Crippen molar-refractivity contribution in [3.63, 3.8) is 0 Å². The van der Waals surface area contributed by atoms with Crippen LogP contribution in [0.1, 0.15) is 16.7 Å². The predicted molar refractivity (Wildman–Crippen MR) is 190 cm³/mol. The van der Waals surface area contributed by atoms with E-state index in [1.807, 2.05) is 130 Å². The molecule has 1 radical (unpaired) electrons. The largest absolute Gasteiger partial charge is 0.506 e. The van der Waals surface area contributed by atoms with E-state index in [0.29, 0.717) is 17.1 Å². The van der Waals surface area contributed by atoms with E-state index in [4.69, 9.17) is 0 Å². The van der Waals surface area contributed by atoms with E-state index >= 15 is 0 Å². The van der Waals surface area contributed by atoms with Crippen molar-refractivity contribution >= 4 is 34.1 Å². The molecular weight excluding hydrogens is 659 g/mol. The van der Waals surface area contributed by atoms with Crippen LogP contribution in [-0.2, 0) is 16.8 Å². The minimum atomic E-state index is 0. The maximum atomic E-state index is 9.56. The van der Waals surface area contributed by atoms with Gasteiger partial charge >= 0.3 is 0 Å². The Morgan fingerprint density at radius 2 is 0.571 bits per heavy atom. The molecule has 0 amide bonds. The van der Waals surface area contributed by atoms with Gasteiger partial charge in [-0.15, -0.1) is 15.3 Å². The monoisotopic (exact) mass is 695 g/mol. The first-order valence-electron chi connectivity index (χ1n) is 15.1. The fourth-order valence-corrected chi connectivity index (χ4v) is 3.96. The van der Waals surface area contributed by atoms with Crippen LogP contribution in [0.5, 0.6) is 17.2 Å². The first kappa shape index (κ1) is 37.5. The number of rotatable bonds is 6. The third kappa shape index (κ3) is 13.0. The van der Waals surface area contributed by atoms with Crippen LogP contribution in [0.25, 0.3) is 0 Å². The summed E-state index contributed by atoms with van der Waals surface area (Å²) >= 11 is 0. The molecule has 0 unspecified atom stereocenters. The fraction of sp³-hybridized carbons (Fsp3) is 0.0769. The number of nitrogens with zero attached hydrogens (tertiary/aromatic N) is 6. The summed E-state index contributed by atoms with van der Waals surface area (Å²) in [4.78, 5) is 0. The average Bonchev–Trinajstić information content (AvgIpc) is 3.11. The third-order valence-electron chi connectivity index (χ3n) is 6.48. The van der Waals surface area contributed by atoms with E-state index in [2.05, 4.69) is 30.7 Å². The molecule has 0 aliphatic rings. The van der Waals surface area contributed by atoms with Crippen LogP contribution in [0.15, 0.2) is 176 Å². The Balaban J connectivity index is 0.000000197. The Kier molecular flexibility index (Phi) is 15.0. The average molecular weight is 696 g/mol. The Morgan fingerprint density at radius 3 is 0.816 bits per heavy atom. The zero-order valence-electron chi connectivity index (χ0n) is 27.2. The minimum Gasteiger partial charge on any atom is -0.506 e. The van der Waals surface area contributed by atoms with Gasteiger partial charge in [0.1, 0.15) is 34.3 Å². The van der Waals surface area contributed by atoms with Gasteiger partial charge < -0.3 is 15.3 Å². The van der Waals surface area contributed by atoms with Crippen molar-refractivity contribution in [1.29, 1.82) is 0 Å². The second kappa shape index (κ2) is 19.6. The molecule has 6 aromatic carbocycles. The molecule has 0 aromatic heterocycles. The van der Waals surface area contributed by atoms with Crippen molar-refractivity contribution in [2.24, 2.45) is 30.7 Å². The SMILES string of the molecule is Cc1ccc(O)c(N=Nc2ccccc2)c1.Cc1ccc(O)c(N=Nc2ccccc2)c1.Cc1ccc(O)c(N=Nc2ccccc2)c1.[Co].